The molecule has 0 aliphatic rings. The maximum absolute atomic E-state index is 8.89. The highest BCUT2D eigenvalue weighted by Crippen LogP contribution is 2.24. The van der Waals surface area contributed by atoms with Crippen molar-refractivity contribution in [2.24, 2.45) is 0 Å². The summed E-state index contributed by atoms with van der Waals surface area (Å²) in [5, 5.41) is 18.1. The van der Waals surface area contributed by atoms with E-state index in [2.05, 4.69) is 21.3 Å². The predicted molar refractivity (Wildman–Crippen MR) is 63.5 cm³/mol. The maximum atomic E-state index is 8.89. The minimum atomic E-state index is 0.583. The molecule has 3 rings (SSSR count). The quantitative estimate of drug-likeness (QED) is 0.653. The molecule has 0 N–H and O–H groups in total. The number of hydrogen-bond acceptors (Lipinski definition) is 5. The molecular weight excluding hydrogens is 234 g/mol. The van der Waals surface area contributed by atoms with Gasteiger partial charge in [-0.25, -0.2) is 4.98 Å². The molecule has 3 aromatic heterocycles. The summed E-state index contributed by atoms with van der Waals surface area (Å²) in [5.74, 6) is 0.725. The highest BCUT2D eigenvalue weighted by Gasteiger charge is 2.10. The van der Waals surface area contributed by atoms with E-state index in [0.717, 1.165) is 21.4 Å². The number of hydrogen-bond donors (Lipinski definition) is 0. The van der Waals surface area contributed by atoms with E-state index < -0.39 is 0 Å². The average Bonchev–Trinajstić information content (AvgIpc) is 2.93. The van der Waals surface area contributed by atoms with Gasteiger partial charge >= 0.3 is 0 Å². The van der Waals surface area contributed by atoms with E-state index in [-0.39, 0.29) is 0 Å². The highest BCUT2D eigenvalue weighted by molar-refractivity contribution is 7.14. The lowest BCUT2D eigenvalue weighted by Crippen LogP contribution is -1.89. The Hall–Kier alpha value is -2.26. The molecule has 0 aromatic carbocycles. The molecule has 0 radical (unpaired) electrons. The summed E-state index contributed by atoms with van der Waals surface area (Å²) < 4.78 is 1.81. The van der Waals surface area contributed by atoms with Gasteiger partial charge in [-0.1, -0.05) is 0 Å². The largest absolute Gasteiger partial charge is 0.280 e. The predicted octanol–water partition coefficient (Wildman–Crippen LogP) is 2.03. The molecule has 3 heterocycles. The van der Waals surface area contributed by atoms with Crippen molar-refractivity contribution in [3.8, 4) is 16.8 Å². The molecule has 0 saturated carbocycles. The summed E-state index contributed by atoms with van der Waals surface area (Å²) in [4.78, 5) is 5.14. The van der Waals surface area contributed by atoms with Crippen molar-refractivity contribution in [1.29, 1.82) is 5.26 Å². The number of aryl methyl sites for hydroxylation is 1. The van der Waals surface area contributed by atoms with Crippen LogP contribution in [0, 0.1) is 18.3 Å². The van der Waals surface area contributed by atoms with E-state index in [1.165, 1.54) is 0 Å². The van der Waals surface area contributed by atoms with Crippen molar-refractivity contribution in [3.63, 3.8) is 0 Å². The summed E-state index contributed by atoms with van der Waals surface area (Å²) in [5.41, 5.74) is 1.31. The van der Waals surface area contributed by atoms with E-state index >= 15 is 0 Å². The fourth-order valence-corrected chi connectivity index (χ4v) is 2.35. The van der Waals surface area contributed by atoms with Crippen LogP contribution in [0.4, 0.5) is 0 Å². The first-order chi connectivity index (χ1) is 8.28. The lowest BCUT2D eigenvalue weighted by atomic mass is 10.3. The fourth-order valence-electron chi connectivity index (χ4n) is 1.59. The Kier molecular flexibility index (Phi) is 2.13. The third-order valence-electron chi connectivity index (χ3n) is 2.37. The van der Waals surface area contributed by atoms with Crippen molar-refractivity contribution in [1.82, 2.24) is 19.6 Å². The first-order valence-corrected chi connectivity index (χ1v) is 5.77. The Bertz CT molecular complexity index is 734. The molecule has 5 nitrogen and oxygen atoms in total. The Balaban J connectivity index is 2.27. The maximum Gasteiger partial charge on any atom is 0.180 e. The lowest BCUT2D eigenvalue weighted by Gasteiger charge is -1.96. The molecule has 3 aromatic rings. The minimum absolute atomic E-state index is 0.583. The number of nitrogens with zero attached hydrogens (tertiary/aromatic N) is 5. The molecule has 17 heavy (non-hydrogen) atoms. The van der Waals surface area contributed by atoms with Gasteiger partial charge in [-0.05, 0) is 19.1 Å². The summed E-state index contributed by atoms with van der Waals surface area (Å²) >= 11 is 1.56. The average molecular weight is 241 g/mol. The molecule has 82 valence electrons. The lowest BCUT2D eigenvalue weighted by molar-refractivity contribution is 1.11. The number of aromatic nitrogens is 4. The molecule has 0 aliphatic carbocycles. The van der Waals surface area contributed by atoms with Crippen LogP contribution in [0.15, 0.2) is 24.5 Å². The number of fused-ring (bicyclic) bond motifs is 1. The second kappa shape index (κ2) is 3.64. The fraction of sp³-hybridized carbons (Fsp3) is 0.0909. The molecule has 0 aliphatic heterocycles. The van der Waals surface area contributed by atoms with Crippen molar-refractivity contribution < 1.29 is 0 Å². The normalized spacial score (nSPS) is 10.6. The van der Waals surface area contributed by atoms with Gasteiger partial charge in [0.25, 0.3) is 0 Å². The van der Waals surface area contributed by atoms with E-state index in [4.69, 9.17) is 5.26 Å². The smallest absolute Gasteiger partial charge is 0.180 e. The first kappa shape index (κ1) is 9.93. The van der Waals surface area contributed by atoms with Crippen molar-refractivity contribution in [2.75, 3.05) is 0 Å². The Morgan fingerprint density at radius 2 is 2.24 bits per heavy atom. The van der Waals surface area contributed by atoms with Crippen LogP contribution in [0.3, 0.4) is 0 Å². The van der Waals surface area contributed by atoms with Gasteiger partial charge in [0.05, 0.1) is 15.4 Å². The molecular formula is C11H7N5S. The van der Waals surface area contributed by atoms with Crippen LogP contribution in [0.25, 0.3) is 16.3 Å². The molecule has 0 fully saturated rings. The second-order valence-corrected chi connectivity index (χ2v) is 4.76. The zero-order valence-electron chi connectivity index (χ0n) is 8.95. The van der Waals surface area contributed by atoms with E-state index in [1.807, 2.05) is 11.3 Å². The molecule has 0 bridgehead atoms. The van der Waals surface area contributed by atoms with Crippen molar-refractivity contribution in [3.05, 3.63) is 35.1 Å². The molecule has 0 unspecified atom stereocenters. The van der Waals surface area contributed by atoms with Crippen LogP contribution >= 0.6 is 11.3 Å². The minimum Gasteiger partial charge on any atom is -0.280 e. The first-order valence-electron chi connectivity index (χ1n) is 4.95. The van der Waals surface area contributed by atoms with Gasteiger partial charge in [-0.15, -0.1) is 21.5 Å². The molecule has 0 atom stereocenters. The van der Waals surface area contributed by atoms with E-state index in [0.29, 0.717) is 5.56 Å². The van der Waals surface area contributed by atoms with Crippen molar-refractivity contribution >= 4 is 17.0 Å². The summed E-state index contributed by atoms with van der Waals surface area (Å²) in [6, 6.07) is 5.61. The van der Waals surface area contributed by atoms with Crippen LogP contribution in [-0.2, 0) is 0 Å². The molecule has 6 heteroatoms. The zero-order chi connectivity index (χ0) is 11.8. The Labute approximate surface area is 101 Å². The third-order valence-corrected chi connectivity index (χ3v) is 3.28. The zero-order valence-corrected chi connectivity index (χ0v) is 9.77. The van der Waals surface area contributed by atoms with E-state index in [9.17, 15) is 0 Å². The number of thiazole rings is 1. The monoisotopic (exact) mass is 241 g/mol. The standard InChI is InChI=1S/C11H7N5S/c1-7-13-5-9(17-7)11-15-14-10-3-2-8(4-12)6-16(10)11/h2-3,5-6H,1H3. The van der Waals surface area contributed by atoms with Gasteiger partial charge < -0.3 is 0 Å². The van der Waals surface area contributed by atoms with Gasteiger partial charge in [-0.3, -0.25) is 4.40 Å². The Morgan fingerprint density at radius 3 is 2.94 bits per heavy atom. The topological polar surface area (TPSA) is 66.9 Å². The number of nitriles is 1. The molecule has 0 saturated heterocycles. The van der Waals surface area contributed by atoms with Gasteiger partial charge in [-0.2, -0.15) is 5.26 Å². The molecule has 0 amide bonds. The summed E-state index contributed by atoms with van der Waals surface area (Å²) in [7, 11) is 0. The number of pyridine rings is 1. The summed E-state index contributed by atoms with van der Waals surface area (Å²) in [6.07, 6.45) is 3.51. The van der Waals surface area contributed by atoms with Crippen LogP contribution in [0.5, 0.6) is 0 Å². The van der Waals surface area contributed by atoms with Crippen LogP contribution in [0.2, 0.25) is 0 Å². The SMILES string of the molecule is Cc1ncc(-c2nnc3ccc(C#N)cn23)s1. The van der Waals surface area contributed by atoms with Crippen LogP contribution < -0.4 is 0 Å². The van der Waals surface area contributed by atoms with Crippen LogP contribution in [0.1, 0.15) is 10.6 Å². The van der Waals surface area contributed by atoms with Gasteiger partial charge in [0, 0.05) is 12.4 Å². The summed E-state index contributed by atoms with van der Waals surface area (Å²) in [6.45, 7) is 1.94. The molecule has 0 spiro atoms. The van der Waals surface area contributed by atoms with Gasteiger partial charge in [0.15, 0.2) is 11.5 Å². The third kappa shape index (κ3) is 1.57. The van der Waals surface area contributed by atoms with E-state index in [1.54, 1.807) is 35.9 Å². The highest BCUT2D eigenvalue weighted by atomic mass is 32.1. The van der Waals surface area contributed by atoms with Gasteiger partial charge in [0.1, 0.15) is 6.07 Å². The van der Waals surface area contributed by atoms with Crippen LogP contribution in [-0.4, -0.2) is 19.6 Å². The second-order valence-electron chi connectivity index (χ2n) is 3.52. The number of rotatable bonds is 1. The Morgan fingerprint density at radius 1 is 1.35 bits per heavy atom. The van der Waals surface area contributed by atoms with Gasteiger partial charge in [0.2, 0.25) is 0 Å². The van der Waals surface area contributed by atoms with Crippen molar-refractivity contribution in [2.45, 2.75) is 6.92 Å².